The Kier molecular flexibility index (Phi) is 4.63. The van der Waals surface area contributed by atoms with Gasteiger partial charge in [0.2, 0.25) is 0 Å². The number of fused-ring (bicyclic) bond motifs is 1. The lowest BCUT2D eigenvalue weighted by atomic mass is 10.1. The third kappa shape index (κ3) is 3.06. The average Bonchev–Trinajstić information content (AvgIpc) is 3.46. The summed E-state index contributed by atoms with van der Waals surface area (Å²) in [6.45, 7) is -0.143. The van der Waals surface area contributed by atoms with Gasteiger partial charge in [-0.2, -0.15) is 0 Å². The van der Waals surface area contributed by atoms with Crippen LogP contribution in [0.1, 0.15) is 17.4 Å². The molecular formula is C21H18O3S3. The fourth-order valence-corrected chi connectivity index (χ4v) is 6.92. The van der Waals surface area contributed by atoms with Gasteiger partial charge in [0.25, 0.3) is 0 Å². The van der Waals surface area contributed by atoms with Crippen LogP contribution in [0.3, 0.4) is 0 Å². The lowest BCUT2D eigenvalue weighted by Gasteiger charge is -2.10. The maximum atomic E-state index is 10.0. The summed E-state index contributed by atoms with van der Waals surface area (Å²) in [5.41, 5.74) is 0. The fraction of sp³-hybridized carbons (Fsp3) is 0.238. The zero-order chi connectivity index (χ0) is 18.4. The molecule has 1 saturated heterocycles. The molecule has 0 radical (unpaired) electrons. The van der Waals surface area contributed by atoms with Gasteiger partial charge in [0.1, 0.15) is 6.10 Å². The van der Waals surface area contributed by atoms with Crippen LogP contribution < -0.4 is 0 Å². The highest BCUT2D eigenvalue weighted by atomic mass is 32.1. The van der Waals surface area contributed by atoms with Crippen LogP contribution in [0.5, 0.6) is 0 Å². The van der Waals surface area contributed by atoms with Crippen molar-refractivity contribution >= 4 is 44.8 Å². The largest absolute Gasteiger partial charge is 0.394 e. The molecule has 2 N–H and O–H groups in total. The van der Waals surface area contributed by atoms with Crippen molar-refractivity contribution in [3.8, 4) is 19.5 Å². The molecule has 5 rings (SSSR count). The van der Waals surface area contributed by atoms with E-state index in [0.717, 1.165) is 4.88 Å². The summed E-state index contributed by atoms with van der Waals surface area (Å²) in [5, 5.41) is 24.0. The summed E-state index contributed by atoms with van der Waals surface area (Å²) in [5.74, 6) is 0. The van der Waals surface area contributed by atoms with Crippen molar-refractivity contribution in [1.82, 2.24) is 0 Å². The minimum Gasteiger partial charge on any atom is -0.394 e. The van der Waals surface area contributed by atoms with Gasteiger partial charge in [0.05, 0.1) is 28.6 Å². The summed E-state index contributed by atoms with van der Waals surface area (Å²) >= 11 is 5.33. The molecular weight excluding hydrogens is 396 g/mol. The molecule has 6 heteroatoms. The predicted octanol–water partition coefficient (Wildman–Crippen LogP) is 5.54. The molecule has 27 heavy (non-hydrogen) atoms. The Morgan fingerprint density at radius 3 is 2.37 bits per heavy atom. The molecule has 0 amide bonds. The molecule has 1 fully saturated rings. The number of benzene rings is 1. The predicted molar refractivity (Wildman–Crippen MR) is 114 cm³/mol. The zero-order valence-corrected chi connectivity index (χ0v) is 16.8. The molecule has 1 aliphatic heterocycles. The smallest absolute Gasteiger partial charge is 0.107 e. The normalized spacial score (nSPS) is 22.7. The van der Waals surface area contributed by atoms with E-state index in [2.05, 4.69) is 53.9 Å². The summed E-state index contributed by atoms with van der Waals surface area (Å²) in [7, 11) is 0. The molecule has 3 nitrogen and oxygen atoms in total. The van der Waals surface area contributed by atoms with E-state index in [-0.39, 0.29) is 12.7 Å². The molecule has 138 valence electrons. The van der Waals surface area contributed by atoms with E-state index < -0.39 is 12.2 Å². The first-order valence-electron chi connectivity index (χ1n) is 8.84. The summed E-state index contributed by atoms with van der Waals surface area (Å²) in [6, 6.07) is 17.1. The average molecular weight is 415 g/mol. The van der Waals surface area contributed by atoms with Gasteiger partial charge in [0, 0.05) is 31.8 Å². The van der Waals surface area contributed by atoms with Crippen molar-refractivity contribution < 1.29 is 14.9 Å². The first-order chi connectivity index (χ1) is 13.2. The molecule has 0 unspecified atom stereocenters. The van der Waals surface area contributed by atoms with Gasteiger partial charge in [-0.3, -0.25) is 0 Å². The number of hydrogen-bond donors (Lipinski definition) is 2. The fourth-order valence-electron chi connectivity index (χ4n) is 3.59. The van der Waals surface area contributed by atoms with E-state index in [1.165, 1.54) is 30.3 Å². The Balaban J connectivity index is 1.55. The number of thiophene rings is 3. The molecule has 1 aliphatic rings. The lowest BCUT2D eigenvalue weighted by Crippen LogP contribution is -2.24. The van der Waals surface area contributed by atoms with Crippen molar-refractivity contribution in [2.45, 2.75) is 24.7 Å². The van der Waals surface area contributed by atoms with Crippen LogP contribution in [0.25, 0.3) is 30.3 Å². The SMILES string of the molecule is OC[C@H]1O[C@@H](c2ccc(-c3sc(-c4cccs4)c4ccccc34)s2)C[C@H]1O. The van der Waals surface area contributed by atoms with Crippen LogP contribution in [0.15, 0.2) is 53.9 Å². The number of rotatable bonds is 4. The van der Waals surface area contributed by atoms with Gasteiger partial charge >= 0.3 is 0 Å². The number of hydrogen-bond acceptors (Lipinski definition) is 6. The number of ether oxygens (including phenoxy) is 1. The van der Waals surface area contributed by atoms with Crippen LogP contribution in [0.4, 0.5) is 0 Å². The van der Waals surface area contributed by atoms with Gasteiger partial charge < -0.3 is 14.9 Å². The molecule has 4 heterocycles. The van der Waals surface area contributed by atoms with Gasteiger partial charge in [-0.15, -0.1) is 34.0 Å². The van der Waals surface area contributed by atoms with Crippen molar-refractivity contribution in [1.29, 1.82) is 0 Å². The van der Waals surface area contributed by atoms with E-state index in [1.807, 2.05) is 11.3 Å². The van der Waals surface area contributed by atoms with Crippen molar-refractivity contribution in [3.05, 3.63) is 58.8 Å². The zero-order valence-electron chi connectivity index (χ0n) is 14.4. The van der Waals surface area contributed by atoms with Crippen LogP contribution in [-0.4, -0.2) is 29.0 Å². The molecule has 0 bridgehead atoms. The second kappa shape index (κ2) is 7.13. The van der Waals surface area contributed by atoms with Gasteiger partial charge in [-0.05, 0) is 23.6 Å². The Bertz CT molecular complexity index is 1060. The molecule has 4 aromatic rings. The second-order valence-corrected chi connectivity index (χ2v) is 9.72. The Hall–Kier alpha value is -1.54. The molecule has 3 aromatic heterocycles. The van der Waals surface area contributed by atoms with Crippen LogP contribution in [-0.2, 0) is 4.74 Å². The highest BCUT2D eigenvalue weighted by Gasteiger charge is 2.35. The Labute approximate surface area is 169 Å². The summed E-state index contributed by atoms with van der Waals surface area (Å²) in [4.78, 5) is 6.22. The summed E-state index contributed by atoms with van der Waals surface area (Å²) in [6.07, 6.45) is -0.678. The minimum atomic E-state index is -0.599. The summed E-state index contributed by atoms with van der Waals surface area (Å²) < 4.78 is 5.83. The van der Waals surface area contributed by atoms with Crippen LogP contribution in [0, 0.1) is 0 Å². The van der Waals surface area contributed by atoms with Crippen molar-refractivity contribution in [2.24, 2.45) is 0 Å². The topological polar surface area (TPSA) is 49.7 Å². The van der Waals surface area contributed by atoms with E-state index in [1.54, 1.807) is 22.7 Å². The van der Waals surface area contributed by atoms with Crippen molar-refractivity contribution in [3.63, 3.8) is 0 Å². The maximum Gasteiger partial charge on any atom is 0.107 e. The van der Waals surface area contributed by atoms with E-state index in [4.69, 9.17) is 4.74 Å². The second-order valence-electron chi connectivity index (χ2n) is 6.63. The molecule has 3 atom stereocenters. The highest BCUT2D eigenvalue weighted by molar-refractivity contribution is 7.27. The highest BCUT2D eigenvalue weighted by Crippen LogP contribution is 2.48. The third-order valence-corrected chi connectivity index (χ3v) is 8.57. The third-order valence-electron chi connectivity index (χ3n) is 4.94. The molecule has 0 aliphatic carbocycles. The molecule has 0 saturated carbocycles. The quantitative estimate of drug-likeness (QED) is 0.461. The van der Waals surface area contributed by atoms with Gasteiger partial charge in [-0.25, -0.2) is 0 Å². The van der Waals surface area contributed by atoms with Crippen molar-refractivity contribution in [2.75, 3.05) is 6.61 Å². The van der Waals surface area contributed by atoms with Crippen LogP contribution in [0.2, 0.25) is 0 Å². The van der Waals surface area contributed by atoms with E-state index >= 15 is 0 Å². The first-order valence-corrected chi connectivity index (χ1v) is 11.4. The standard InChI is InChI=1S/C21H18O3S3/c22-11-16-14(23)10-15(24-16)17-7-8-19(26-17)21-13-5-2-1-4-12(13)20(27-21)18-6-3-9-25-18/h1-9,14-16,22-23H,10-11H2/t14-,15-,16-/m1/s1. The lowest BCUT2D eigenvalue weighted by molar-refractivity contribution is -0.0216. The van der Waals surface area contributed by atoms with E-state index in [0.29, 0.717) is 6.42 Å². The van der Waals surface area contributed by atoms with E-state index in [9.17, 15) is 10.2 Å². The number of aliphatic hydroxyl groups is 2. The molecule has 0 spiro atoms. The first kappa shape index (κ1) is 17.6. The minimum absolute atomic E-state index is 0.140. The van der Waals surface area contributed by atoms with Gasteiger partial charge in [-0.1, -0.05) is 30.3 Å². The Morgan fingerprint density at radius 2 is 1.70 bits per heavy atom. The maximum absolute atomic E-state index is 10.0. The monoisotopic (exact) mass is 414 g/mol. The van der Waals surface area contributed by atoms with Gasteiger partial charge in [0.15, 0.2) is 0 Å². The Morgan fingerprint density at radius 1 is 0.926 bits per heavy atom. The number of aliphatic hydroxyl groups excluding tert-OH is 2. The molecule has 1 aromatic carbocycles. The van der Waals surface area contributed by atoms with Crippen LogP contribution >= 0.6 is 34.0 Å².